The molecule has 2 nitrogen and oxygen atoms in total. The van der Waals surface area contributed by atoms with E-state index in [1.165, 1.54) is 0 Å². The van der Waals surface area contributed by atoms with Crippen LogP contribution in [0.15, 0.2) is 0 Å². The van der Waals surface area contributed by atoms with E-state index >= 15 is 0 Å². The molecule has 0 aliphatic heterocycles. The fraction of sp³-hybridized carbons (Fsp3) is 0.750. The van der Waals surface area contributed by atoms with E-state index in [4.69, 9.17) is 0 Å². The number of carbonyl (C=O) groups excluding carboxylic acids is 2. The van der Waals surface area contributed by atoms with Crippen LogP contribution in [0.4, 0.5) is 0 Å². The average molecular weight is 268 g/mol. The van der Waals surface area contributed by atoms with Gasteiger partial charge in [-0.1, -0.05) is 36.4 Å². The van der Waals surface area contributed by atoms with Crippen molar-refractivity contribution in [3.05, 3.63) is 0 Å². The fourth-order valence-corrected chi connectivity index (χ4v) is 0.821. The van der Waals surface area contributed by atoms with Crippen LogP contribution >= 0.6 is 22.6 Å². The van der Waals surface area contributed by atoms with Gasteiger partial charge in [0.2, 0.25) is 11.6 Å². The van der Waals surface area contributed by atoms with E-state index < -0.39 is 3.42 Å². The molecule has 0 radical (unpaired) electrons. The standard InChI is InChI=1S/C8H13IO2/c1-5(2)6(10)7(11)8(3,4)9/h5H,1-4H3. The molecule has 0 spiro atoms. The molecule has 0 saturated heterocycles. The van der Waals surface area contributed by atoms with E-state index in [0.717, 1.165) is 0 Å². The molecule has 0 atom stereocenters. The molecule has 11 heavy (non-hydrogen) atoms. The topological polar surface area (TPSA) is 34.1 Å². The minimum absolute atomic E-state index is 0.184. The second-order valence-corrected chi connectivity index (χ2v) is 6.02. The third kappa shape index (κ3) is 3.31. The SMILES string of the molecule is CC(C)C(=O)C(=O)C(C)(C)I. The second kappa shape index (κ2) is 3.65. The highest BCUT2D eigenvalue weighted by atomic mass is 127. The summed E-state index contributed by atoms with van der Waals surface area (Å²) < 4.78 is -0.556. The van der Waals surface area contributed by atoms with Gasteiger partial charge < -0.3 is 0 Å². The van der Waals surface area contributed by atoms with Gasteiger partial charge in [0.25, 0.3) is 0 Å². The van der Waals surface area contributed by atoms with E-state index in [2.05, 4.69) is 0 Å². The Morgan fingerprint density at radius 2 is 1.64 bits per heavy atom. The molecule has 64 valence electrons. The monoisotopic (exact) mass is 268 g/mol. The lowest BCUT2D eigenvalue weighted by Crippen LogP contribution is -2.34. The molecule has 0 aromatic carbocycles. The van der Waals surface area contributed by atoms with Crippen molar-refractivity contribution in [1.82, 2.24) is 0 Å². The van der Waals surface area contributed by atoms with Gasteiger partial charge in [0.05, 0.1) is 3.42 Å². The summed E-state index contributed by atoms with van der Waals surface area (Å²) >= 11 is 1.98. The van der Waals surface area contributed by atoms with Gasteiger partial charge in [0.1, 0.15) is 0 Å². The molecule has 0 aliphatic carbocycles. The van der Waals surface area contributed by atoms with Gasteiger partial charge in [-0.3, -0.25) is 9.59 Å². The summed E-state index contributed by atoms with van der Waals surface area (Å²) in [5.41, 5.74) is 0. The number of carbonyl (C=O) groups is 2. The van der Waals surface area contributed by atoms with Crippen molar-refractivity contribution >= 4 is 34.2 Å². The summed E-state index contributed by atoms with van der Waals surface area (Å²) in [7, 11) is 0. The average Bonchev–Trinajstić information content (AvgIpc) is 1.82. The minimum Gasteiger partial charge on any atom is -0.291 e. The Morgan fingerprint density at radius 1 is 1.27 bits per heavy atom. The quantitative estimate of drug-likeness (QED) is 0.445. The van der Waals surface area contributed by atoms with Crippen molar-refractivity contribution in [3.63, 3.8) is 0 Å². The molecule has 0 rings (SSSR count). The van der Waals surface area contributed by atoms with Crippen LogP contribution in [0.1, 0.15) is 27.7 Å². The van der Waals surface area contributed by atoms with Crippen molar-refractivity contribution in [1.29, 1.82) is 0 Å². The molecule has 0 unspecified atom stereocenters. The first-order valence-corrected chi connectivity index (χ1v) is 4.62. The molecule has 0 heterocycles. The van der Waals surface area contributed by atoms with Gasteiger partial charge in [-0.2, -0.15) is 0 Å². The number of Topliss-reactive ketones (excluding diaryl/α,β-unsaturated/α-hetero) is 2. The van der Waals surface area contributed by atoms with Crippen molar-refractivity contribution in [3.8, 4) is 0 Å². The predicted octanol–water partition coefficient (Wildman–Crippen LogP) is 1.99. The van der Waals surface area contributed by atoms with Crippen molar-refractivity contribution in [2.75, 3.05) is 0 Å². The van der Waals surface area contributed by atoms with Gasteiger partial charge in [-0.05, 0) is 13.8 Å². The van der Waals surface area contributed by atoms with Crippen LogP contribution in [-0.2, 0) is 9.59 Å². The first-order valence-electron chi connectivity index (χ1n) is 3.54. The number of hydrogen-bond acceptors (Lipinski definition) is 2. The lowest BCUT2D eigenvalue weighted by Gasteiger charge is -2.14. The van der Waals surface area contributed by atoms with E-state index in [9.17, 15) is 9.59 Å². The molecular weight excluding hydrogens is 255 g/mol. The molecule has 0 amide bonds. The number of hydrogen-bond donors (Lipinski definition) is 0. The second-order valence-electron chi connectivity index (χ2n) is 3.32. The highest BCUT2D eigenvalue weighted by Crippen LogP contribution is 2.19. The molecule has 0 saturated carbocycles. The Bertz CT molecular complexity index is 177. The van der Waals surface area contributed by atoms with Gasteiger partial charge in [-0.15, -0.1) is 0 Å². The molecule has 0 aromatic rings. The van der Waals surface area contributed by atoms with Crippen LogP contribution < -0.4 is 0 Å². The van der Waals surface area contributed by atoms with Crippen LogP contribution in [0.25, 0.3) is 0 Å². The summed E-state index contributed by atoms with van der Waals surface area (Å²) in [6.07, 6.45) is 0. The third-order valence-electron chi connectivity index (χ3n) is 1.29. The Labute approximate surface area is 80.9 Å². The van der Waals surface area contributed by atoms with Crippen LogP contribution in [0.5, 0.6) is 0 Å². The van der Waals surface area contributed by atoms with Gasteiger partial charge in [-0.25, -0.2) is 0 Å². The van der Waals surface area contributed by atoms with Crippen LogP contribution in [-0.4, -0.2) is 15.0 Å². The molecule has 0 fully saturated rings. The molecule has 0 aromatic heterocycles. The first-order chi connectivity index (χ1) is 4.76. The number of rotatable bonds is 3. The Balaban J connectivity index is 4.40. The van der Waals surface area contributed by atoms with Gasteiger partial charge in [0, 0.05) is 5.92 Å². The zero-order valence-corrected chi connectivity index (χ0v) is 9.43. The maximum Gasteiger partial charge on any atom is 0.213 e. The molecular formula is C8H13IO2. The lowest BCUT2D eigenvalue weighted by atomic mass is 9.98. The summed E-state index contributed by atoms with van der Waals surface area (Å²) in [5.74, 6) is -0.742. The van der Waals surface area contributed by atoms with Crippen LogP contribution in [0, 0.1) is 5.92 Å². The Hall–Kier alpha value is 0.0700. The van der Waals surface area contributed by atoms with Crippen molar-refractivity contribution in [2.45, 2.75) is 31.1 Å². The van der Waals surface area contributed by atoms with Gasteiger partial charge >= 0.3 is 0 Å². The summed E-state index contributed by atoms with van der Waals surface area (Å²) in [6.45, 7) is 6.97. The summed E-state index contributed by atoms with van der Waals surface area (Å²) in [4.78, 5) is 22.4. The van der Waals surface area contributed by atoms with Crippen molar-refractivity contribution < 1.29 is 9.59 Å². The van der Waals surface area contributed by atoms with E-state index in [0.29, 0.717) is 0 Å². The predicted molar refractivity (Wildman–Crippen MR) is 53.0 cm³/mol. The molecule has 0 aliphatic rings. The smallest absolute Gasteiger partial charge is 0.213 e. The minimum atomic E-state index is -0.556. The largest absolute Gasteiger partial charge is 0.291 e. The normalized spacial score (nSPS) is 11.8. The third-order valence-corrected chi connectivity index (χ3v) is 1.78. The zero-order chi connectivity index (χ0) is 9.23. The highest BCUT2D eigenvalue weighted by Gasteiger charge is 2.30. The Kier molecular flexibility index (Phi) is 3.67. The van der Waals surface area contributed by atoms with E-state index in [1.807, 2.05) is 22.6 Å². The molecule has 3 heteroatoms. The summed E-state index contributed by atoms with van der Waals surface area (Å²) in [5, 5.41) is 0. The molecule has 0 N–H and O–H groups in total. The van der Waals surface area contributed by atoms with Crippen LogP contribution in [0.2, 0.25) is 0 Å². The number of alkyl halides is 1. The Morgan fingerprint density at radius 3 is 1.73 bits per heavy atom. The maximum atomic E-state index is 11.2. The van der Waals surface area contributed by atoms with E-state index in [-0.39, 0.29) is 17.5 Å². The zero-order valence-electron chi connectivity index (χ0n) is 7.27. The van der Waals surface area contributed by atoms with Crippen LogP contribution in [0.3, 0.4) is 0 Å². The van der Waals surface area contributed by atoms with Gasteiger partial charge in [0.15, 0.2) is 0 Å². The number of halogens is 1. The highest BCUT2D eigenvalue weighted by molar-refractivity contribution is 14.1. The van der Waals surface area contributed by atoms with Crippen molar-refractivity contribution in [2.24, 2.45) is 5.92 Å². The van der Waals surface area contributed by atoms with E-state index in [1.54, 1.807) is 27.7 Å². The molecule has 0 bridgehead atoms. The summed E-state index contributed by atoms with van der Waals surface area (Å²) in [6, 6.07) is 0. The number of ketones is 2. The lowest BCUT2D eigenvalue weighted by molar-refractivity contribution is -0.139. The maximum absolute atomic E-state index is 11.2. The fourth-order valence-electron chi connectivity index (χ4n) is 0.555. The first kappa shape index (κ1) is 11.1.